The Kier molecular flexibility index (Phi) is 5.89. The van der Waals surface area contributed by atoms with Crippen LogP contribution in [0.25, 0.3) is 10.8 Å². The lowest BCUT2D eigenvalue weighted by molar-refractivity contribution is -0.123. The molecule has 0 saturated heterocycles. The van der Waals surface area contributed by atoms with Crippen LogP contribution in [0.15, 0.2) is 65.8 Å². The van der Waals surface area contributed by atoms with Crippen molar-refractivity contribution >= 4 is 22.9 Å². The fourth-order valence-electron chi connectivity index (χ4n) is 2.57. The van der Waals surface area contributed by atoms with Crippen LogP contribution in [0.1, 0.15) is 12.5 Å². The van der Waals surface area contributed by atoms with Crippen LogP contribution < -0.4 is 14.9 Å². The third kappa shape index (κ3) is 4.76. The van der Waals surface area contributed by atoms with Crippen molar-refractivity contribution in [2.75, 3.05) is 13.2 Å². The van der Waals surface area contributed by atoms with Crippen molar-refractivity contribution < 1.29 is 19.4 Å². The fourth-order valence-corrected chi connectivity index (χ4v) is 2.57. The third-order valence-electron chi connectivity index (χ3n) is 3.79. The van der Waals surface area contributed by atoms with E-state index >= 15 is 0 Å². The quantitative estimate of drug-likeness (QED) is 0.497. The van der Waals surface area contributed by atoms with E-state index in [4.69, 9.17) is 9.47 Å². The summed E-state index contributed by atoms with van der Waals surface area (Å²) in [6.45, 7) is 2.15. The summed E-state index contributed by atoms with van der Waals surface area (Å²) >= 11 is 0. The molecule has 138 valence electrons. The minimum atomic E-state index is -0.380. The number of hydrogen-bond acceptors (Lipinski definition) is 5. The number of phenols is 1. The molecule has 0 radical (unpaired) electrons. The molecule has 6 nitrogen and oxygen atoms in total. The Morgan fingerprint density at radius 3 is 2.70 bits per heavy atom. The number of nitrogens with one attached hydrogen (secondary N) is 1. The molecule has 0 spiro atoms. The van der Waals surface area contributed by atoms with Gasteiger partial charge in [0.05, 0.1) is 12.8 Å². The Hall–Kier alpha value is -3.54. The lowest BCUT2D eigenvalue weighted by Gasteiger charge is -2.08. The van der Waals surface area contributed by atoms with Gasteiger partial charge in [0.25, 0.3) is 5.91 Å². The molecule has 3 aromatic carbocycles. The van der Waals surface area contributed by atoms with E-state index in [0.29, 0.717) is 23.7 Å². The molecule has 0 aromatic heterocycles. The van der Waals surface area contributed by atoms with Gasteiger partial charge in [-0.3, -0.25) is 4.79 Å². The zero-order valence-electron chi connectivity index (χ0n) is 14.9. The van der Waals surface area contributed by atoms with Crippen LogP contribution >= 0.6 is 0 Å². The van der Waals surface area contributed by atoms with Crippen molar-refractivity contribution in [1.29, 1.82) is 0 Å². The Morgan fingerprint density at radius 2 is 1.89 bits per heavy atom. The molecule has 3 aromatic rings. The third-order valence-corrected chi connectivity index (χ3v) is 3.79. The van der Waals surface area contributed by atoms with Gasteiger partial charge in [-0.25, -0.2) is 5.43 Å². The molecule has 27 heavy (non-hydrogen) atoms. The molecule has 0 aliphatic heterocycles. The highest BCUT2D eigenvalue weighted by Gasteiger charge is 2.05. The number of ether oxygens (including phenoxy) is 2. The average molecular weight is 364 g/mol. The van der Waals surface area contributed by atoms with E-state index in [1.165, 1.54) is 12.3 Å². The van der Waals surface area contributed by atoms with E-state index in [9.17, 15) is 9.90 Å². The first-order valence-electron chi connectivity index (χ1n) is 8.55. The number of aromatic hydroxyl groups is 1. The lowest BCUT2D eigenvalue weighted by atomic mass is 10.1. The van der Waals surface area contributed by atoms with Gasteiger partial charge in [-0.1, -0.05) is 36.4 Å². The fraction of sp³-hybridized carbons (Fsp3) is 0.143. The zero-order chi connectivity index (χ0) is 19.1. The molecule has 0 fully saturated rings. The van der Waals surface area contributed by atoms with Gasteiger partial charge >= 0.3 is 0 Å². The van der Waals surface area contributed by atoms with Gasteiger partial charge in [-0.15, -0.1) is 0 Å². The molecule has 0 unspecified atom stereocenters. The van der Waals surface area contributed by atoms with Crippen molar-refractivity contribution in [3.05, 3.63) is 66.2 Å². The van der Waals surface area contributed by atoms with Crippen molar-refractivity contribution in [2.45, 2.75) is 6.92 Å². The van der Waals surface area contributed by atoms with Crippen LogP contribution in [0.5, 0.6) is 17.2 Å². The highest BCUT2D eigenvalue weighted by Crippen LogP contribution is 2.26. The van der Waals surface area contributed by atoms with E-state index in [0.717, 1.165) is 10.8 Å². The van der Waals surface area contributed by atoms with Gasteiger partial charge in [-0.2, -0.15) is 5.10 Å². The Labute approximate surface area is 157 Å². The van der Waals surface area contributed by atoms with Crippen molar-refractivity contribution in [3.63, 3.8) is 0 Å². The molecule has 0 bridgehead atoms. The monoisotopic (exact) mass is 364 g/mol. The summed E-state index contributed by atoms with van der Waals surface area (Å²) < 4.78 is 10.9. The number of carbonyl (C=O) groups excluding carboxylic acids is 1. The van der Waals surface area contributed by atoms with Crippen LogP contribution in [0.2, 0.25) is 0 Å². The second kappa shape index (κ2) is 8.71. The molecule has 1 amide bonds. The molecule has 0 heterocycles. The standard InChI is InChI=1S/C21H20N2O4/c1-2-26-20-11-10-15(12-18(20)24)13-22-23-21(25)14-27-19-9-5-7-16-6-3-4-8-17(16)19/h3-13,24H,2,14H2,1H3,(H,23,25)/b22-13+. The summed E-state index contributed by atoms with van der Waals surface area (Å²) in [5.74, 6) is 0.687. The Morgan fingerprint density at radius 1 is 1.07 bits per heavy atom. The maximum Gasteiger partial charge on any atom is 0.277 e. The molecule has 0 saturated carbocycles. The highest BCUT2D eigenvalue weighted by atomic mass is 16.5. The van der Waals surface area contributed by atoms with Gasteiger partial charge in [0.2, 0.25) is 0 Å². The van der Waals surface area contributed by atoms with E-state index in [2.05, 4.69) is 10.5 Å². The van der Waals surface area contributed by atoms with Gasteiger partial charge in [0.15, 0.2) is 18.1 Å². The average Bonchev–Trinajstić information content (AvgIpc) is 2.68. The summed E-state index contributed by atoms with van der Waals surface area (Å²) in [4.78, 5) is 11.9. The molecule has 0 aliphatic carbocycles. The number of hydrogen-bond donors (Lipinski definition) is 2. The van der Waals surface area contributed by atoms with Crippen LogP contribution in [-0.2, 0) is 4.79 Å². The number of hydrazone groups is 1. The first kappa shape index (κ1) is 18.3. The molecule has 3 rings (SSSR count). The van der Waals surface area contributed by atoms with Gasteiger partial charge < -0.3 is 14.6 Å². The maximum absolute atomic E-state index is 11.9. The minimum absolute atomic E-state index is 0.0198. The Bertz CT molecular complexity index is 964. The number of amides is 1. The molecule has 6 heteroatoms. The van der Waals surface area contributed by atoms with Crippen LogP contribution in [0.3, 0.4) is 0 Å². The molecule has 0 atom stereocenters. The van der Waals surface area contributed by atoms with Crippen LogP contribution in [0.4, 0.5) is 0 Å². The smallest absolute Gasteiger partial charge is 0.277 e. The second-order valence-corrected chi connectivity index (χ2v) is 5.72. The number of fused-ring (bicyclic) bond motifs is 1. The van der Waals surface area contributed by atoms with Crippen molar-refractivity contribution in [1.82, 2.24) is 5.43 Å². The second-order valence-electron chi connectivity index (χ2n) is 5.72. The number of rotatable bonds is 7. The SMILES string of the molecule is CCOc1ccc(/C=N/NC(=O)COc2cccc3ccccc23)cc1O. The number of nitrogens with zero attached hydrogens (tertiary/aromatic N) is 1. The molecular formula is C21H20N2O4. The van der Waals surface area contributed by atoms with Gasteiger partial charge in [-0.05, 0) is 42.1 Å². The van der Waals surface area contributed by atoms with Crippen molar-refractivity contribution in [3.8, 4) is 17.2 Å². The zero-order valence-corrected chi connectivity index (χ0v) is 14.9. The van der Waals surface area contributed by atoms with Crippen LogP contribution in [-0.4, -0.2) is 30.4 Å². The lowest BCUT2D eigenvalue weighted by Crippen LogP contribution is -2.24. The summed E-state index contributed by atoms with van der Waals surface area (Å²) in [5, 5.41) is 15.7. The summed E-state index contributed by atoms with van der Waals surface area (Å²) in [7, 11) is 0. The van der Waals surface area contributed by atoms with Crippen LogP contribution in [0, 0.1) is 0 Å². The van der Waals surface area contributed by atoms with E-state index in [1.807, 2.05) is 49.4 Å². The normalized spacial score (nSPS) is 10.9. The van der Waals surface area contributed by atoms with Gasteiger partial charge in [0, 0.05) is 5.39 Å². The maximum atomic E-state index is 11.9. The summed E-state index contributed by atoms with van der Waals surface area (Å²) in [6.07, 6.45) is 1.44. The first-order chi connectivity index (χ1) is 13.2. The molecule has 2 N–H and O–H groups in total. The number of carbonyl (C=O) groups is 1. The van der Waals surface area contributed by atoms with E-state index in [-0.39, 0.29) is 18.3 Å². The predicted octanol–water partition coefficient (Wildman–Crippen LogP) is 3.47. The first-order valence-corrected chi connectivity index (χ1v) is 8.55. The number of phenolic OH excluding ortho intramolecular Hbond substituents is 1. The topological polar surface area (TPSA) is 80.2 Å². The minimum Gasteiger partial charge on any atom is -0.504 e. The van der Waals surface area contributed by atoms with Gasteiger partial charge in [0.1, 0.15) is 5.75 Å². The molecular weight excluding hydrogens is 344 g/mol. The number of benzene rings is 3. The highest BCUT2D eigenvalue weighted by molar-refractivity contribution is 5.89. The van der Waals surface area contributed by atoms with E-state index < -0.39 is 0 Å². The molecule has 0 aliphatic rings. The summed E-state index contributed by atoms with van der Waals surface area (Å²) in [6, 6.07) is 18.4. The van der Waals surface area contributed by atoms with Crippen molar-refractivity contribution in [2.24, 2.45) is 5.10 Å². The summed E-state index contributed by atoms with van der Waals surface area (Å²) in [5.41, 5.74) is 3.03. The van der Waals surface area contributed by atoms with E-state index in [1.54, 1.807) is 12.1 Å². The Balaban J connectivity index is 1.55. The predicted molar refractivity (Wildman–Crippen MR) is 104 cm³/mol. The largest absolute Gasteiger partial charge is 0.504 e.